The van der Waals surface area contributed by atoms with E-state index in [9.17, 15) is 9.90 Å². The Labute approximate surface area is 100 Å². The first kappa shape index (κ1) is 13.3. The molecule has 0 unspecified atom stereocenters. The minimum absolute atomic E-state index is 0.171. The van der Waals surface area contributed by atoms with Gasteiger partial charge in [-0.1, -0.05) is 6.07 Å². The first-order valence-corrected chi connectivity index (χ1v) is 5.23. The van der Waals surface area contributed by atoms with Crippen LogP contribution in [0.2, 0.25) is 0 Å². The zero-order valence-electron chi connectivity index (χ0n) is 10.2. The third-order valence-electron chi connectivity index (χ3n) is 2.34. The molecular weight excluding hydrogens is 222 g/mol. The molecule has 0 spiro atoms. The van der Waals surface area contributed by atoms with Crippen LogP contribution in [0.1, 0.15) is 18.6 Å². The van der Waals surface area contributed by atoms with Crippen LogP contribution in [0.25, 0.3) is 0 Å². The highest BCUT2D eigenvalue weighted by Gasteiger charge is 2.11. The monoisotopic (exact) mass is 239 g/mol. The molecule has 5 nitrogen and oxygen atoms in total. The van der Waals surface area contributed by atoms with Crippen LogP contribution < -0.4 is 14.8 Å². The highest BCUT2D eigenvalue weighted by atomic mass is 16.5. The summed E-state index contributed by atoms with van der Waals surface area (Å²) in [6.45, 7) is 1.58. The predicted octanol–water partition coefficient (Wildman–Crippen LogP) is 0.873. The van der Waals surface area contributed by atoms with Crippen LogP contribution >= 0.6 is 0 Å². The van der Waals surface area contributed by atoms with E-state index in [1.165, 1.54) is 14.0 Å². The van der Waals surface area contributed by atoms with Crippen molar-refractivity contribution in [2.75, 3.05) is 20.8 Å². The van der Waals surface area contributed by atoms with Crippen LogP contribution in [0.15, 0.2) is 18.2 Å². The van der Waals surface area contributed by atoms with E-state index in [1.54, 1.807) is 25.3 Å². The molecule has 0 aliphatic carbocycles. The number of hydrogen-bond donors (Lipinski definition) is 2. The van der Waals surface area contributed by atoms with Gasteiger partial charge < -0.3 is 19.9 Å². The molecule has 1 amide bonds. The summed E-state index contributed by atoms with van der Waals surface area (Å²) in [7, 11) is 3.08. The summed E-state index contributed by atoms with van der Waals surface area (Å²) in [5.74, 6) is 0.972. The average Bonchev–Trinajstić information content (AvgIpc) is 2.34. The van der Waals surface area contributed by atoms with E-state index in [-0.39, 0.29) is 12.5 Å². The fourth-order valence-electron chi connectivity index (χ4n) is 1.42. The number of aliphatic hydroxyl groups excluding tert-OH is 1. The minimum Gasteiger partial charge on any atom is -0.493 e. The number of hydrogen-bond acceptors (Lipinski definition) is 4. The Hall–Kier alpha value is -1.75. The fourth-order valence-corrected chi connectivity index (χ4v) is 1.42. The summed E-state index contributed by atoms with van der Waals surface area (Å²) >= 11 is 0. The summed E-state index contributed by atoms with van der Waals surface area (Å²) in [6, 6.07) is 5.13. The van der Waals surface area contributed by atoms with Crippen LogP contribution in [0.4, 0.5) is 0 Å². The first-order chi connectivity index (χ1) is 8.08. The maximum Gasteiger partial charge on any atom is 0.216 e. The molecule has 1 aromatic carbocycles. The maximum absolute atomic E-state index is 10.7. The molecule has 17 heavy (non-hydrogen) atoms. The Morgan fingerprint density at radius 2 is 2.00 bits per heavy atom. The number of methoxy groups -OCH3 is 2. The van der Waals surface area contributed by atoms with Gasteiger partial charge in [-0.15, -0.1) is 0 Å². The van der Waals surface area contributed by atoms with Gasteiger partial charge in [0.15, 0.2) is 11.5 Å². The van der Waals surface area contributed by atoms with Gasteiger partial charge in [0.05, 0.1) is 20.3 Å². The highest BCUT2D eigenvalue weighted by molar-refractivity contribution is 5.72. The van der Waals surface area contributed by atoms with Crippen LogP contribution in [0.5, 0.6) is 11.5 Å². The van der Waals surface area contributed by atoms with Crippen molar-refractivity contribution in [1.29, 1.82) is 0 Å². The smallest absolute Gasteiger partial charge is 0.216 e. The number of ether oxygens (including phenoxy) is 2. The molecule has 0 bridgehead atoms. The van der Waals surface area contributed by atoms with Gasteiger partial charge in [0, 0.05) is 13.5 Å². The molecule has 1 aromatic rings. The normalized spacial score (nSPS) is 11.8. The molecule has 94 valence electrons. The van der Waals surface area contributed by atoms with E-state index < -0.39 is 6.10 Å². The average molecular weight is 239 g/mol. The van der Waals surface area contributed by atoms with E-state index in [0.29, 0.717) is 17.1 Å². The van der Waals surface area contributed by atoms with E-state index in [2.05, 4.69) is 5.32 Å². The lowest BCUT2D eigenvalue weighted by atomic mass is 10.1. The lowest BCUT2D eigenvalue weighted by molar-refractivity contribution is -0.119. The summed E-state index contributed by atoms with van der Waals surface area (Å²) < 4.78 is 10.2. The number of amides is 1. The van der Waals surface area contributed by atoms with Crippen molar-refractivity contribution < 1.29 is 19.4 Å². The predicted molar refractivity (Wildman–Crippen MR) is 63.2 cm³/mol. The van der Waals surface area contributed by atoms with Crippen molar-refractivity contribution in [3.8, 4) is 11.5 Å². The number of nitrogens with one attached hydrogen (secondary N) is 1. The van der Waals surface area contributed by atoms with Crippen LogP contribution in [0, 0.1) is 0 Å². The molecule has 1 rings (SSSR count). The molecule has 2 N–H and O–H groups in total. The second-order valence-corrected chi connectivity index (χ2v) is 3.57. The zero-order chi connectivity index (χ0) is 12.8. The lowest BCUT2D eigenvalue weighted by Crippen LogP contribution is -2.25. The van der Waals surface area contributed by atoms with Crippen molar-refractivity contribution >= 4 is 5.91 Å². The van der Waals surface area contributed by atoms with Gasteiger partial charge in [-0.3, -0.25) is 4.79 Å². The number of rotatable bonds is 5. The zero-order valence-corrected chi connectivity index (χ0v) is 10.2. The third kappa shape index (κ3) is 3.64. The standard InChI is InChI=1S/C12H17NO4/c1-8(14)13-7-10(15)9-4-5-11(16-2)12(6-9)17-3/h4-6,10,15H,7H2,1-3H3,(H,13,14)/t10-/m1/s1. The number of carbonyl (C=O) groups excluding carboxylic acids is 1. The van der Waals surface area contributed by atoms with E-state index in [0.717, 1.165) is 0 Å². The quantitative estimate of drug-likeness (QED) is 0.800. The van der Waals surface area contributed by atoms with Gasteiger partial charge in [0.25, 0.3) is 0 Å². The molecule has 0 fully saturated rings. The van der Waals surface area contributed by atoms with E-state index >= 15 is 0 Å². The topological polar surface area (TPSA) is 67.8 Å². The van der Waals surface area contributed by atoms with Crippen LogP contribution in [-0.4, -0.2) is 31.8 Å². The number of aliphatic hydroxyl groups is 1. The van der Waals surface area contributed by atoms with Gasteiger partial charge in [-0.25, -0.2) is 0 Å². The molecule has 1 atom stereocenters. The van der Waals surface area contributed by atoms with Gasteiger partial charge in [-0.2, -0.15) is 0 Å². The fraction of sp³-hybridized carbons (Fsp3) is 0.417. The van der Waals surface area contributed by atoms with Crippen molar-refractivity contribution in [3.63, 3.8) is 0 Å². The maximum atomic E-state index is 10.7. The summed E-state index contributed by atoms with van der Waals surface area (Å²) in [5, 5.41) is 12.4. The Morgan fingerprint density at radius 1 is 1.35 bits per heavy atom. The molecule has 0 aliphatic rings. The van der Waals surface area contributed by atoms with Gasteiger partial charge in [0.1, 0.15) is 0 Å². The Bertz CT molecular complexity index is 392. The lowest BCUT2D eigenvalue weighted by Gasteiger charge is -2.14. The molecule has 0 radical (unpaired) electrons. The van der Waals surface area contributed by atoms with Crippen LogP contribution in [-0.2, 0) is 4.79 Å². The highest BCUT2D eigenvalue weighted by Crippen LogP contribution is 2.29. The second-order valence-electron chi connectivity index (χ2n) is 3.57. The van der Waals surface area contributed by atoms with Crippen molar-refractivity contribution in [1.82, 2.24) is 5.32 Å². The molecule has 0 saturated carbocycles. The second kappa shape index (κ2) is 6.10. The van der Waals surface area contributed by atoms with E-state index in [4.69, 9.17) is 9.47 Å². The molecule has 5 heteroatoms. The van der Waals surface area contributed by atoms with Crippen molar-refractivity contribution in [3.05, 3.63) is 23.8 Å². The largest absolute Gasteiger partial charge is 0.493 e. The molecule has 0 aromatic heterocycles. The SMILES string of the molecule is COc1ccc([C@H](O)CNC(C)=O)cc1OC. The van der Waals surface area contributed by atoms with Gasteiger partial charge in [-0.05, 0) is 17.7 Å². The summed E-state index contributed by atoms with van der Waals surface area (Å²) in [6.07, 6.45) is -0.765. The van der Waals surface area contributed by atoms with Crippen molar-refractivity contribution in [2.45, 2.75) is 13.0 Å². The Morgan fingerprint density at radius 3 is 2.53 bits per heavy atom. The van der Waals surface area contributed by atoms with Gasteiger partial charge in [0.2, 0.25) is 5.91 Å². The summed E-state index contributed by atoms with van der Waals surface area (Å²) in [4.78, 5) is 10.7. The Balaban J connectivity index is 2.80. The molecule has 0 saturated heterocycles. The van der Waals surface area contributed by atoms with Crippen molar-refractivity contribution in [2.24, 2.45) is 0 Å². The third-order valence-corrected chi connectivity index (χ3v) is 2.34. The molecule has 0 aliphatic heterocycles. The number of carbonyl (C=O) groups is 1. The van der Waals surface area contributed by atoms with E-state index in [1.807, 2.05) is 0 Å². The molecular formula is C12H17NO4. The first-order valence-electron chi connectivity index (χ1n) is 5.23. The number of benzene rings is 1. The van der Waals surface area contributed by atoms with Crippen LogP contribution in [0.3, 0.4) is 0 Å². The Kier molecular flexibility index (Phi) is 4.78. The minimum atomic E-state index is -0.765. The molecule has 0 heterocycles. The van der Waals surface area contributed by atoms with Gasteiger partial charge >= 0.3 is 0 Å². The summed E-state index contributed by atoms with van der Waals surface area (Å²) in [5.41, 5.74) is 0.663.